The molecular weight excluding hydrogens is 278 g/mol. The minimum atomic E-state index is 0.238. The van der Waals surface area contributed by atoms with Gasteiger partial charge in [0.1, 0.15) is 0 Å². The molecule has 108 valence electrons. The second kappa shape index (κ2) is 6.99. The van der Waals surface area contributed by atoms with Gasteiger partial charge < -0.3 is 5.73 Å². The Hall–Kier alpha value is -2.20. The smallest absolute Gasteiger partial charge is 0.191 e. The third kappa shape index (κ3) is 3.89. The van der Waals surface area contributed by atoms with Crippen LogP contribution in [0.3, 0.4) is 0 Å². The third-order valence-electron chi connectivity index (χ3n) is 3.12. The van der Waals surface area contributed by atoms with E-state index in [0.29, 0.717) is 0 Å². The first-order chi connectivity index (χ1) is 10.1. The van der Waals surface area contributed by atoms with Crippen LogP contribution in [-0.2, 0) is 0 Å². The van der Waals surface area contributed by atoms with Crippen LogP contribution in [0.2, 0.25) is 0 Å². The zero-order valence-corrected chi connectivity index (χ0v) is 13.1. The standard InChI is InChI=1S/C17H19N3S/c1-3-16(14-9-5-4-6-10-14)19-20(17(18)21)15-11-7-8-13(2)12-15/h4-12H,3H2,1-2H3,(H2,18,21). The summed E-state index contributed by atoms with van der Waals surface area (Å²) in [6.07, 6.45) is 0.801. The molecule has 0 spiro atoms. The van der Waals surface area contributed by atoms with Crippen molar-refractivity contribution in [2.75, 3.05) is 5.01 Å². The second-order valence-electron chi connectivity index (χ2n) is 4.76. The number of aryl methyl sites for hydroxylation is 1. The van der Waals surface area contributed by atoms with Crippen LogP contribution in [0.4, 0.5) is 5.69 Å². The molecule has 4 heteroatoms. The van der Waals surface area contributed by atoms with Crippen molar-refractivity contribution < 1.29 is 0 Å². The molecule has 2 rings (SSSR count). The van der Waals surface area contributed by atoms with Crippen LogP contribution in [0, 0.1) is 6.92 Å². The fourth-order valence-corrected chi connectivity index (χ4v) is 2.22. The van der Waals surface area contributed by atoms with Crippen LogP contribution >= 0.6 is 12.2 Å². The van der Waals surface area contributed by atoms with Crippen molar-refractivity contribution in [1.82, 2.24) is 0 Å². The molecule has 0 aliphatic heterocycles. The summed E-state index contributed by atoms with van der Waals surface area (Å²) >= 11 is 5.16. The Labute approximate surface area is 131 Å². The zero-order valence-electron chi connectivity index (χ0n) is 12.3. The van der Waals surface area contributed by atoms with E-state index in [9.17, 15) is 0 Å². The summed E-state index contributed by atoms with van der Waals surface area (Å²) in [6.45, 7) is 4.10. The van der Waals surface area contributed by atoms with Gasteiger partial charge in [-0.1, -0.05) is 49.4 Å². The minimum absolute atomic E-state index is 0.238. The molecule has 2 aromatic carbocycles. The number of hydrogen-bond donors (Lipinski definition) is 1. The molecule has 0 aliphatic rings. The van der Waals surface area contributed by atoms with Crippen LogP contribution in [0.15, 0.2) is 59.7 Å². The molecule has 2 N–H and O–H groups in total. The van der Waals surface area contributed by atoms with Crippen LogP contribution in [-0.4, -0.2) is 10.8 Å². The number of nitrogens with zero attached hydrogens (tertiary/aromatic N) is 2. The predicted molar refractivity (Wildman–Crippen MR) is 93.7 cm³/mol. The van der Waals surface area contributed by atoms with E-state index in [0.717, 1.165) is 28.9 Å². The van der Waals surface area contributed by atoms with Crippen LogP contribution in [0.5, 0.6) is 0 Å². The normalized spacial score (nSPS) is 11.2. The molecule has 0 radical (unpaired) electrons. The van der Waals surface area contributed by atoms with E-state index < -0.39 is 0 Å². The highest BCUT2D eigenvalue weighted by molar-refractivity contribution is 7.80. The second-order valence-corrected chi connectivity index (χ2v) is 5.17. The van der Waals surface area contributed by atoms with E-state index in [1.165, 1.54) is 0 Å². The Morgan fingerprint density at radius 2 is 1.86 bits per heavy atom. The Kier molecular flexibility index (Phi) is 5.06. The summed E-state index contributed by atoms with van der Waals surface area (Å²) in [5.74, 6) is 0. The van der Waals surface area contributed by atoms with Crippen molar-refractivity contribution in [3.63, 3.8) is 0 Å². The summed E-state index contributed by atoms with van der Waals surface area (Å²) in [7, 11) is 0. The predicted octanol–water partition coefficient (Wildman–Crippen LogP) is 3.86. The third-order valence-corrected chi connectivity index (χ3v) is 3.29. The lowest BCUT2D eigenvalue weighted by molar-refractivity contribution is 1.10. The fraction of sp³-hybridized carbons (Fsp3) is 0.176. The largest absolute Gasteiger partial charge is 0.374 e. The number of hydrogen-bond acceptors (Lipinski definition) is 2. The van der Waals surface area contributed by atoms with E-state index in [4.69, 9.17) is 18.0 Å². The molecule has 0 saturated carbocycles. The highest BCUT2D eigenvalue weighted by atomic mass is 32.1. The van der Waals surface area contributed by atoms with Crippen LogP contribution < -0.4 is 10.7 Å². The first-order valence-corrected chi connectivity index (χ1v) is 7.31. The maximum Gasteiger partial charge on any atom is 0.191 e. The van der Waals surface area contributed by atoms with Gasteiger partial charge in [-0.15, -0.1) is 0 Å². The Balaban J connectivity index is 2.43. The molecule has 0 aromatic heterocycles. The van der Waals surface area contributed by atoms with Gasteiger partial charge in [0, 0.05) is 0 Å². The summed E-state index contributed by atoms with van der Waals surface area (Å²) in [4.78, 5) is 0. The molecule has 0 fully saturated rings. The van der Waals surface area contributed by atoms with Gasteiger partial charge >= 0.3 is 0 Å². The van der Waals surface area contributed by atoms with Gasteiger partial charge in [0.2, 0.25) is 0 Å². The highest BCUT2D eigenvalue weighted by Crippen LogP contribution is 2.18. The summed E-state index contributed by atoms with van der Waals surface area (Å²) < 4.78 is 0. The summed E-state index contributed by atoms with van der Waals surface area (Å²) in [5.41, 5.74) is 9.90. The van der Waals surface area contributed by atoms with Gasteiger partial charge in [-0.05, 0) is 48.8 Å². The quantitative estimate of drug-likeness (QED) is 0.529. The average Bonchev–Trinajstić information content (AvgIpc) is 2.49. The highest BCUT2D eigenvalue weighted by Gasteiger charge is 2.10. The van der Waals surface area contributed by atoms with Crippen molar-refractivity contribution in [2.45, 2.75) is 20.3 Å². The maximum absolute atomic E-state index is 5.85. The number of anilines is 1. The minimum Gasteiger partial charge on any atom is -0.374 e. The van der Waals surface area contributed by atoms with Crippen molar-refractivity contribution in [1.29, 1.82) is 0 Å². The lowest BCUT2D eigenvalue weighted by Crippen LogP contribution is -2.32. The van der Waals surface area contributed by atoms with Gasteiger partial charge in [0.15, 0.2) is 5.11 Å². The topological polar surface area (TPSA) is 41.6 Å². The van der Waals surface area contributed by atoms with E-state index >= 15 is 0 Å². The summed E-state index contributed by atoms with van der Waals surface area (Å²) in [6, 6.07) is 18.0. The van der Waals surface area contributed by atoms with Crippen molar-refractivity contribution in [2.24, 2.45) is 10.8 Å². The van der Waals surface area contributed by atoms with Crippen molar-refractivity contribution in [3.05, 3.63) is 65.7 Å². The molecular formula is C17H19N3S. The monoisotopic (exact) mass is 297 g/mol. The molecule has 0 atom stereocenters. The molecule has 21 heavy (non-hydrogen) atoms. The lowest BCUT2D eigenvalue weighted by atomic mass is 10.1. The Morgan fingerprint density at radius 1 is 1.14 bits per heavy atom. The number of benzene rings is 2. The van der Waals surface area contributed by atoms with E-state index in [-0.39, 0.29) is 5.11 Å². The van der Waals surface area contributed by atoms with E-state index in [1.54, 1.807) is 5.01 Å². The zero-order chi connectivity index (χ0) is 15.2. The molecule has 0 unspecified atom stereocenters. The number of hydrazone groups is 1. The van der Waals surface area contributed by atoms with Crippen LogP contribution in [0.1, 0.15) is 24.5 Å². The van der Waals surface area contributed by atoms with Gasteiger partial charge in [-0.3, -0.25) is 0 Å². The molecule has 0 aliphatic carbocycles. The number of thiocarbonyl (C=S) groups is 1. The molecule has 0 saturated heterocycles. The maximum atomic E-state index is 5.85. The van der Waals surface area contributed by atoms with Crippen molar-refractivity contribution in [3.8, 4) is 0 Å². The first-order valence-electron chi connectivity index (χ1n) is 6.91. The van der Waals surface area contributed by atoms with E-state index in [2.05, 4.69) is 12.0 Å². The Bertz CT molecular complexity index is 650. The van der Waals surface area contributed by atoms with Gasteiger partial charge in [-0.2, -0.15) is 5.10 Å². The van der Waals surface area contributed by atoms with Gasteiger partial charge in [0.05, 0.1) is 11.4 Å². The van der Waals surface area contributed by atoms with Crippen LogP contribution in [0.25, 0.3) is 0 Å². The average molecular weight is 297 g/mol. The van der Waals surface area contributed by atoms with Gasteiger partial charge in [0.25, 0.3) is 0 Å². The molecule has 0 bridgehead atoms. The number of rotatable bonds is 4. The molecule has 0 heterocycles. The van der Waals surface area contributed by atoms with Gasteiger partial charge in [-0.25, -0.2) is 5.01 Å². The lowest BCUT2D eigenvalue weighted by Gasteiger charge is -2.19. The first kappa shape index (κ1) is 15.2. The Morgan fingerprint density at radius 3 is 2.43 bits per heavy atom. The molecule has 3 nitrogen and oxygen atoms in total. The van der Waals surface area contributed by atoms with Crippen molar-refractivity contribution >= 4 is 28.7 Å². The SMILES string of the molecule is CCC(=NN(C(N)=S)c1cccc(C)c1)c1ccccc1. The number of nitrogens with two attached hydrogens (primary N) is 1. The van der Waals surface area contributed by atoms with E-state index in [1.807, 2.05) is 61.5 Å². The molecule has 0 amide bonds. The molecule has 2 aromatic rings. The summed E-state index contributed by atoms with van der Waals surface area (Å²) in [5, 5.41) is 6.52. The fourth-order valence-electron chi connectivity index (χ4n) is 2.08.